The minimum Gasteiger partial charge on any atom is -0.395 e. The maximum atomic E-state index is 13.7. The molecule has 0 fully saturated rings. The molecule has 0 bridgehead atoms. The first-order chi connectivity index (χ1) is 15.6. The van der Waals surface area contributed by atoms with Gasteiger partial charge in [-0.15, -0.1) is 0 Å². The third-order valence-corrected chi connectivity index (χ3v) is 6.00. The number of aliphatic hydroxyl groups is 2. The smallest absolute Gasteiger partial charge is 0.253 e. The van der Waals surface area contributed by atoms with Gasteiger partial charge in [0.2, 0.25) is 0 Å². The summed E-state index contributed by atoms with van der Waals surface area (Å²) in [5, 5.41) is 20.2. The van der Waals surface area contributed by atoms with E-state index in [-0.39, 0.29) is 16.9 Å². The number of benzene rings is 2. The van der Waals surface area contributed by atoms with Crippen molar-refractivity contribution in [1.82, 2.24) is 4.57 Å². The van der Waals surface area contributed by atoms with Gasteiger partial charge in [0.15, 0.2) is 0 Å². The number of rotatable bonds is 10. The predicted octanol–water partition coefficient (Wildman–Crippen LogP) is 4.84. The van der Waals surface area contributed by atoms with Gasteiger partial charge in [0.05, 0.1) is 19.4 Å². The number of halogens is 5. The second kappa shape index (κ2) is 10.1. The third-order valence-electron chi connectivity index (χ3n) is 5.76. The second-order valence-electron chi connectivity index (χ2n) is 7.88. The molecular formula is C23H23F5N2O2S. The highest BCUT2D eigenvalue weighted by molar-refractivity contribution is 7.80. The molecule has 4 nitrogen and oxygen atoms in total. The highest BCUT2D eigenvalue weighted by Gasteiger charge is 2.49. The number of aromatic nitrogens is 1. The van der Waals surface area contributed by atoms with Gasteiger partial charge in [-0.2, -0.15) is 0 Å². The molecule has 1 aromatic heterocycles. The maximum Gasteiger partial charge on any atom is 0.253 e. The first-order valence-electron chi connectivity index (χ1n) is 10.1. The Morgan fingerprint density at radius 3 is 2.36 bits per heavy atom. The Hall–Kier alpha value is -2.56. The maximum absolute atomic E-state index is 13.7. The highest BCUT2D eigenvalue weighted by Crippen LogP contribution is 2.39. The molecule has 0 radical (unpaired) electrons. The molecule has 33 heavy (non-hydrogen) atoms. The first kappa shape index (κ1) is 25.1. The molecule has 3 rings (SSSR count). The van der Waals surface area contributed by atoms with E-state index in [4.69, 9.17) is 18.0 Å². The second-order valence-corrected chi connectivity index (χ2v) is 8.32. The molecule has 4 N–H and O–H groups in total. The number of nitrogens with zero attached hydrogens (tertiary/aromatic N) is 1. The van der Waals surface area contributed by atoms with Crippen molar-refractivity contribution in [1.29, 1.82) is 0 Å². The van der Waals surface area contributed by atoms with E-state index < -0.39 is 44.2 Å². The van der Waals surface area contributed by atoms with E-state index in [0.29, 0.717) is 27.6 Å². The minimum atomic E-state index is -3.50. The van der Waals surface area contributed by atoms with E-state index in [1.165, 1.54) is 16.8 Å². The zero-order valence-electron chi connectivity index (χ0n) is 17.4. The van der Waals surface area contributed by atoms with Crippen LogP contribution in [0.4, 0.5) is 22.0 Å². The van der Waals surface area contributed by atoms with Crippen molar-refractivity contribution >= 4 is 28.1 Å². The minimum absolute atomic E-state index is 0.145. The molecule has 0 aliphatic rings. The summed E-state index contributed by atoms with van der Waals surface area (Å²) < 4.78 is 68.8. The van der Waals surface area contributed by atoms with Crippen molar-refractivity contribution in [3.63, 3.8) is 0 Å². The van der Waals surface area contributed by atoms with Gasteiger partial charge in [0.1, 0.15) is 10.4 Å². The van der Waals surface area contributed by atoms with Crippen LogP contribution in [-0.4, -0.2) is 45.9 Å². The molecule has 3 aromatic rings. The molecule has 1 atom stereocenters. The molecule has 0 spiro atoms. The standard InChI is InChI=1S/C23H23F5N2O2S/c24-7-6-19(32)14-4-5-16-17(13-2-1-3-15(8-13)20(29)33)10-30(18(16)9-14)11-23(12-31,21(25)26)22(27)28/h1-5,8-10,19,21-22,31-32H,6-7,11-12H2,(H2,29,33). The first-order valence-corrected chi connectivity index (χ1v) is 10.5. The van der Waals surface area contributed by atoms with Crippen molar-refractivity contribution in [3.8, 4) is 11.1 Å². The summed E-state index contributed by atoms with van der Waals surface area (Å²) in [7, 11) is 0. The van der Waals surface area contributed by atoms with Crippen molar-refractivity contribution in [2.24, 2.45) is 11.1 Å². The highest BCUT2D eigenvalue weighted by atomic mass is 32.1. The van der Waals surface area contributed by atoms with Gasteiger partial charge in [0, 0.05) is 41.2 Å². The SMILES string of the molecule is NC(=S)c1cccc(-c2cn(CC(CO)(C(F)F)C(F)F)c3cc(C(O)CCF)ccc23)c1. The summed E-state index contributed by atoms with van der Waals surface area (Å²) in [6.45, 7) is -3.09. The number of nitrogens with two attached hydrogens (primary N) is 1. The lowest BCUT2D eigenvalue weighted by Gasteiger charge is -2.30. The van der Waals surface area contributed by atoms with Crippen LogP contribution in [0.2, 0.25) is 0 Å². The van der Waals surface area contributed by atoms with E-state index in [0.717, 1.165) is 0 Å². The Morgan fingerprint density at radius 1 is 1.09 bits per heavy atom. The summed E-state index contributed by atoms with van der Waals surface area (Å²) >= 11 is 5.01. The largest absolute Gasteiger partial charge is 0.395 e. The Kier molecular flexibility index (Phi) is 7.71. The van der Waals surface area contributed by atoms with Crippen LogP contribution in [0.25, 0.3) is 22.0 Å². The average molecular weight is 487 g/mol. The summed E-state index contributed by atoms with van der Waals surface area (Å²) in [6.07, 6.45) is -6.90. The van der Waals surface area contributed by atoms with Gasteiger partial charge in [0.25, 0.3) is 12.9 Å². The number of fused-ring (bicyclic) bond motifs is 1. The van der Waals surface area contributed by atoms with Crippen LogP contribution in [0.15, 0.2) is 48.7 Å². The van der Waals surface area contributed by atoms with Gasteiger partial charge in [-0.25, -0.2) is 17.6 Å². The molecule has 0 aliphatic heterocycles. The monoisotopic (exact) mass is 486 g/mol. The molecule has 0 aliphatic carbocycles. The summed E-state index contributed by atoms with van der Waals surface area (Å²) in [4.78, 5) is 0.145. The molecule has 10 heteroatoms. The fourth-order valence-electron chi connectivity index (χ4n) is 3.73. The molecule has 2 aromatic carbocycles. The van der Waals surface area contributed by atoms with Crippen molar-refractivity contribution in [3.05, 3.63) is 59.8 Å². The molecule has 0 amide bonds. The van der Waals surface area contributed by atoms with E-state index in [2.05, 4.69) is 0 Å². The lowest BCUT2D eigenvalue weighted by Crippen LogP contribution is -2.44. The quantitative estimate of drug-likeness (QED) is 0.283. The zero-order chi connectivity index (χ0) is 24.3. The summed E-state index contributed by atoms with van der Waals surface area (Å²) in [5.41, 5.74) is 5.01. The number of aliphatic hydroxyl groups excluding tert-OH is 2. The molecular weight excluding hydrogens is 463 g/mol. The van der Waals surface area contributed by atoms with Crippen LogP contribution in [-0.2, 0) is 6.54 Å². The van der Waals surface area contributed by atoms with Crippen molar-refractivity contribution < 1.29 is 32.2 Å². The van der Waals surface area contributed by atoms with E-state index in [1.54, 1.807) is 36.4 Å². The Bertz CT molecular complexity index is 1130. The fraction of sp³-hybridized carbons (Fsp3) is 0.348. The normalized spacial score (nSPS) is 13.2. The van der Waals surface area contributed by atoms with Crippen LogP contribution < -0.4 is 5.73 Å². The number of alkyl halides is 5. The van der Waals surface area contributed by atoms with Crippen molar-refractivity contribution in [2.75, 3.05) is 13.3 Å². The van der Waals surface area contributed by atoms with Gasteiger partial charge in [-0.1, -0.05) is 42.5 Å². The fourth-order valence-corrected chi connectivity index (χ4v) is 3.85. The van der Waals surface area contributed by atoms with Crippen LogP contribution >= 0.6 is 12.2 Å². The Balaban J connectivity index is 2.23. The molecule has 1 unspecified atom stereocenters. The number of hydrogen-bond acceptors (Lipinski definition) is 3. The zero-order valence-corrected chi connectivity index (χ0v) is 18.2. The van der Waals surface area contributed by atoms with Crippen LogP contribution in [0.1, 0.15) is 23.7 Å². The van der Waals surface area contributed by atoms with Gasteiger partial charge in [-0.3, -0.25) is 4.39 Å². The van der Waals surface area contributed by atoms with Gasteiger partial charge >= 0.3 is 0 Å². The predicted molar refractivity (Wildman–Crippen MR) is 120 cm³/mol. The van der Waals surface area contributed by atoms with Gasteiger partial charge < -0.3 is 20.5 Å². The Morgan fingerprint density at radius 2 is 1.79 bits per heavy atom. The van der Waals surface area contributed by atoms with E-state index in [1.807, 2.05) is 0 Å². The van der Waals surface area contributed by atoms with Gasteiger partial charge in [-0.05, 0) is 23.3 Å². The van der Waals surface area contributed by atoms with Crippen LogP contribution in [0.3, 0.4) is 0 Å². The molecule has 0 saturated carbocycles. The summed E-state index contributed by atoms with van der Waals surface area (Å²) in [6, 6.07) is 11.4. The third kappa shape index (κ3) is 4.87. The topological polar surface area (TPSA) is 71.4 Å². The van der Waals surface area contributed by atoms with Crippen LogP contribution in [0.5, 0.6) is 0 Å². The average Bonchev–Trinajstić information content (AvgIpc) is 3.14. The lowest BCUT2D eigenvalue weighted by molar-refractivity contribution is -0.141. The number of hydrogen-bond donors (Lipinski definition) is 3. The molecule has 1 heterocycles. The summed E-state index contributed by atoms with van der Waals surface area (Å²) in [5.74, 6) is 0. The Labute approximate surface area is 192 Å². The van der Waals surface area contributed by atoms with E-state index >= 15 is 0 Å². The van der Waals surface area contributed by atoms with Crippen LogP contribution in [0, 0.1) is 5.41 Å². The number of thiocarbonyl (C=S) groups is 1. The molecule has 0 saturated heterocycles. The lowest BCUT2D eigenvalue weighted by atomic mass is 9.89. The van der Waals surface area contributed by atoms with Crippen molar-refractivity contribution in [2.45, 2.75) is 31.9 Å². The molecule has 178 valence electrons. The van der Waals surface area contributed by atoms with E-state index in [9.17, 15) is 32.2 Å².